The SMILES string of the molecule is O=C1CCCC(=C(O)c2ccccc2)C1=C(O)c1ccccc1. The fourth-order valence-electron chi connectivity index (χ4n) is 2.87. The van der Waals surface area contributed by atoms with E-state index in [4.69, 9.17) is 0 Å². The molecule has 0 radical (unpaired) electrons. The van der Waals surface area contributed by atoms with Crippen LogP contribution in [0.4, 0.5) is 0 Å². The van der Waals surface area contributed by atoms with Crippen LogP contribution in [0.3, 0.4) is 0 Å². The molecule has 0 heterocycles. The Bertz CT molecular complexity index is 771. The van der Waals surface area contributed by atoms with Crippen molar-refractivity contribution in [2.75, 3.05) is 0 Å². The van der Waals surface area contributed by atoms with Crippen LogP contribution in [-0.2, 0) is 4.79 Å². The lowest BCUT2D eigenvalue weighted by Crippen LogP contribution is -2.15. The molecule has 3 nitrogen and oxygen atoms in total. The van der Waals surface area contributed by atoms with E-state index in [1.54, 1.807) is 36.4 Å². The molecule has 0 atom stereocenters. The van der Waals surface area contributed by atoms with Gasteiger partial charge in [0.05, 0.1) is 5.57 Å². The van der Waals surface area contributed by atoms with Gasteiger partial charge in [-0.2, -0.15) is 0 Å². The summed E-state index contributed by atoms with van der Waals surface area (Å²) in [5, 5.41) is 21.2. The molecule has 116 valence electrons. The molecule has 3 heteroatoms. The zero-order chi connectivity index (χ0) is 16.2. The van der Waals surface area contributed by atoms with Crippen molar-refractivity contribution in [3.63, 3.8) is 0 Å². The molecule has 0 saturated heterocycles. The average Bonchev–Trinajstić information content (AvgIpc) is 2.62. The minimum absolute atomic E-state index is 0.0622. The van der Waals surface area contributed by atoms with Crippen LogP contribution in [0.2, 0.25) is 0 Å². The van der Waals surface area contributed by atoms with E-state index in [0.717, 1.165) is 0 Å². The quantitative estimate of drug-likeness (QED) is 0.625. The van der Waals surface area contributed by atoms with Crippen molar-refractivity contribution >= 4 is 17.3 Å². The summed E-state index contributed by atoms with van der Waals surface area (Å²) in [4.78, 5) is 12.4. The predicted molar refractivity (Wildman–Crippen MR) is 90.8 cm³/mol. The summed E-state index contributed by atoms with van der Waals surface area (Å²) < 4.78 is 0. The van der Waals surface area contributed by atoms with Gasteiger partial charge in [-0.25, -0.2) is 0 Å². The van der Waals surface area contributed by atoms with Gasteiger partial charge in [-0.15, -0.1) is 0 Å². The Kier molecular flexibility index (Phi) is 4.29. The predicted octanol–water partition coefficient (Wildman–Crippen LogP) is 4.68. The van der Waals surface area contributed by atoms with Gasteiger partial charge in [-0.3, -0.25) is 4.79 Å². The van der Waals surface area contributed by atoms with Gasteiger partial charge in [-0.05, 0) is 12.8 Å². The zero-order valence-electron chi connectivity index (χ0n) is 12.7. The number of Topliss-reactive ketones (excluding diaryl/α,β-unsaturated/α-hetero) is 1. The summed E-state index contributed by atoms with van der Waals surface area (Å²) in [5.41, 5.74) is 1.99. The molecule has 23 heavy (non-hydrogen) atoms. The monoisotopic (exact) mass is 306 g/mol. The number of rotatable bonds is 2. The number of aliphatic hydroxyl groups excluding tert-OH is 2. The van der Waals surface area contributed by atoms with Crippen molar-refractivity contribution in [3.8, 4) is 0 Å². The highest BCUT2D eigenvalue weighted by molar-refractivity contribution is 6.07. The summed E-state index contributed by atoms with van der Waals surface area (Å²) >= 11 is 0. The van der Waals surface area contributed by atoms with Crippen LogP contribution in [0, 0.1) is 0 Å². The maximum atomic E-state index is 12.4. The lowest BCUT2D eigenvalue weighted by molar-refractivity contribution is -0.115. The molecule has 3 rings (SSSR count). The van der Waals surface area contributed by atoms with Crippen molar-refractivity contribution in [2.24, 2.45) is 0 Å². The standard InChI is InChI=1S/C20H18O3/c21-17-13-7-12-16(19(22)14-8-3-1-4-9-14)18(17)20(23)15-10-5-2-6-11-15/h1-6,8-11,22-23H,7,12-13H2. The van der Waals surface area contributed by atoms with E-state index in [1.165, 1.54) is 0 Å². The summed E-state index contributed by atoms with van der Waals surface area (Å²) in [6.45, 7) is 0. The Labute approximate surface area is 135 Å². The fraction of sp³-hybridized carbons (Fsp3) is 0.150. The van der Waals surface area contributed by atoms with Crippen LogP contribution in [0.15, 0.2) is 71.8 Å². The summed E-state index contributed by atoms with van der Waals surface area (Å²) in [7, 11) is 0. The average molecular weight is 306 g/mol. The Balaban J connectivity index is 2.17. The molecule has 2 N–H and O–H groups in total. The maximum Gasteiger partial charge on any atom is 0.167 e. The number of hydrogen-bond donors (Lipinski definition) is 2. The lowest BCUT2D eigenvalue weighted by atomic mass is 9.84. The number of benzene rings is 2. The lowest BCUT2D eigenvalue weighted by Gasteiger charge is -2.20. The van der Waals surface area contributed by atoms with Gasteiger partial charge in [0.15, 0.2) is 5.78 Å². The van der Waals surface area contributed by atoms with Crippen molar-refractivity contribution < 1.29 is 15.0 Å². The van der Waals surface area contributed by atoms with Gasteiger partial charge in [0.2, 0.25) is 0 Å². The third-order valence-corrected chi connectivity index (χ3v) is 4.03. The fourth-order valence-corrected chi connectivity index (χ4v) is 2.87. The molecular formula is C20H18O3. The van der Waals surface area contributed by atoms with E-state index in [2.05, 4.69) is 0 Å². The van der Waals surface area contributed by atoms with E-state index >= 15 is 0 Å². The largest absolute Gasteiger partial charge is 0.507 e. The van der Waals surface area contributed by atoms with Crippen molar-refractivity contribution in [3.05, 3.63) is 82.9 Å². The molecular weight excluding hydrogens is 288 g/mol. The van der Waals surface area contributed by atoms with E-state index in [0.29, 0.717) is 36.0 Å². The van der Waals surface area contributed by atoms with Gasteiger partial charge in [0.1, 0.15) is 11.5 Å². The normalized spacial score (nSPS) is 19.4. The molecule has 1 aliphatic rings. The second kappa shape index (κ2) is 6.53. The summed E-state index contributed by atoms with van der Waals surface area (Å²) in [6, 6.07) is 18.1. The molecule has 0 aromatic heterocycles. The maximum absolute atomic E-state index is 12.4. The van der Waals surface area contributed by atoms with Gasteiger partial charge in [0.25, 0.3) is 0 Å². The molecule has 2 aromatic rings. The highest BCUT2D eigenvalue weighted by Crippen LogP contribution is 2.35. The molecule has 2 aromatic carbocycles. The Morgan fingerprint density at radius 1 is 0.739 bits per heavy atom. The van der Waals surface area contributed by atoms with Gasteiger partial charge < -0.3 is 10.2 Å². The Morgan fingerprint density at radius 3 is 1.83 bits per heavy atom. The van der Waals surface area contributed by atoms with E-state index in [1.807, 2.05) is 24.3 Å². The summed E-state index contributed by atoms with van der Waals surface area (Å²) in [6.07, 6.45) is 1.63. The molecule has 0 unspecified atom stereocenters. The van der Waals surface area contributed by atoms with Crippen LogP contribution in [0.25, 0.3) is 11.5 Å². The van der Waals surface area contributed by atoms with Gasteiger partial charge in [0, 0.05) is 23.1 Å². The Morgan fingerprint density at radius 2 is 1.26 bits per heavy atom. The molecule has 1 aliphatic carbocycles. The van der Waals surface area contributed by atoms with E-state index < -0.39 is 0 Å². The first-order valence-corrected chi connectivity index (χ1v) is 7.68. The molecule has 0 amide bonds. The molecule has 0 aliphatic heterocycles. The van der Waals surface area contributed by atoms with Crippen LogP contribution in [0.5, 0.6) is 0 Å². The molecule has 0 spiro atoms. The van der Waals surface area contributed by atoms with Crippen molar-refractivity contribution in [2.45, 2.75) is 19.3 Å². The smallest absolute Gasteiger partial charge is 0.167 e. The van der Waals surface area contributed by atoms with Crippen molar-refractivity contribution in [1.82, 2.24) is 0 Å². The number of ketones is 1. The molecule has 1 saturated carbocycles. The van der Waals surface area contributed by atoms with Gasteiger partial charge in [-0.1, -0.05) is 60.7 Å². The van der Waals surface area contributed by atoms with E-state index in [-0.39, 0.29) is 22.9 Å². The topological polar surface area (TPSA) is 57.5 Å². The second-order valence-electron chi connectivity index (χ2n) is 5.56. The number of carbonyl (C=O) groups is 1. The zero-order valence-corrected chi connectivity index (χ0v) is 12.7. The minimum atomic E-state index is -0.130. The first kappa shape index (κ1) is 15.1. The number of hydrogen-bond acceptors (Lipinski definition) is 3. The first-order chi connectivity index (χ1) is 11.2. The number of allylic oxidation sites excluding steroid dienone is 2. The van der Waals surface area contributed by atoms with Crippen molar-refractivity contribution in [1.29, 1.82) is 0 Å². The third kappa shape index (κ3) is 3.04. The highest BCUT2D eigenvalue weighted by Gasteiger charge is 2.27. The molecule has 1 fully saturated rings. The highest BCUT2D eigenvalue weighted by atomic mass is 16.3. The Hall–Kier alpha value is -2.81. The second-order valence-corrected chi connectivity index (χ2v) is 5.56. The van der Waals surface area contributed by atoms with Crippen LogP contribution in [0.1, 0.15) is 30.4 Å². The van der Waals surface area contributed by atoms with Crippen LogP contribution >= 0.6 is 0 Å². The molecule has 0 bridgehead atoms. The van der Waals surface area contributed by atoms with Crippen LogP contribution < -0.4 is 0 Å². The first-order valence-electron chi connectivity index (χ1n) is 7.68. The number of carbonyl (C=O) groups excluding carboxylic acids is 1. The summed E-state index contributed by atoms with van der Waals surface area (Å²) in [5.74, 6) is -0.126. The minimum Gasteiger partial charge on any atom is -0.507 e. The van der Waals surface area contributed by atoms with Gasteiger partial charge >= 0.3 is 0 Å². The van der Waals surface area contributed by atoms with Crippen LogP contribution in [-0.4, -0.2) is 16.0 Å². The van der Waals surface area contributed by atoms with E-state index in [9.17, 15) is 15.0 Å². The number of aliphatic hydroxyl groups is 2. The third-order valence-electron chi connectivity index (χ3n) is 4.03.